The number of carbonyl (C=O) groups excluding carboxylic acids is 2. The lowest BCUT2D eigenvalue weighted by atomic mass is 10.0. The van der Waals surface area contributed by atoms with Gasteiger partial charge in [0.25, 0.3) is 0 Å². The van der Waals surface area contributed by atoms with Crippen LogP contribution < -0.4 is 5.32 Å². The second kappa shape index (κ2) is 9.45. The van der Waals surface area contributed by atoms with Gasteiger partial charge in [-0.1, -0.05) is 54.1 Å². The van der Waals surface area contributed by atoms with Gasteiger partial charge in [-0.2, -0.15) is 0 Å². The normalized spacial score (nSPS) is 11.4. The Morgan fingerprint density at radius 3 is 2.19 bits per heavy atom. The molecule has 3 aromatic rings. The Bertz CT molecular complexity index is 1200. The lowest BCUT2D eigenvalue weighted by Gasteiger charge is -2.12. The van der Waals surface area contributed by atoms with Crippen LogP contribution in [0, 0.1) is 0 Å². The Hall–Kier alpha value is -2.96. The average Bonchev–Trinajstić information content (AvgIpc) is 2.75. The number of nitrogens with one attached hydrogen (secondary N) is 1. The molecular formula is C24H22ClNO4S. The summed E-state index contributed by atoms with van der Waals surface area (Å²) in [5.41, 5.74) is 1.81. The van der Waals surface area contributed by atoms with E-state index >= 15 is 0 Å². The Kier molecular flexibility index (Phi) is 6.93. The van der Waals surface area contributed by atoms with Gasteiger partial charge in [-0.3, -0.25) is 9.59 Å². The van der Waals surface area contributed by atoms with E-state index in [1.807, 2.05) is 6.07 Å². The first kappa shape index (κ1) is 22.7. The number of hydrogen-bond donors (Lipinski definition) is 1. The largest absolute Gasteiger partial charge is 0.325 e. The zero-order valence-corrected chi connectivity index (χ0v) is 18.7. The Morgan fingerprint density at radius 2 is 1.58 bits per heavy atom. The fourth-order valence-electron chi connectivity index (χ4n) is 3.01. The number of benzene rings is 3. The lowest BCUT2D eigenvalue weighted by molar-refractivity contribution is -0.115. The number of hydrogen-bond acceptors (Lipinski definition) is 4. The highest BCUT2D eigenvalue weighted by Gasteiger charge is 2.19. The predicted molar refractivity (Wildman–Crippen MR) is 122 cm³/mol. The number of ketones is 1. The summed E-state index contributed by atoms with van der Waals surface area (Å²) in [5, 5.41) is 2.63. The Balaban J connectivity index is 1.78. The van der Waals surface area contributed by atoms with Crippen LogP contribution >= 0.6 is 11.6 Å². The topological polar surface area (TPSA) is 80.3 Å². The van der Waals surface area contributed by atoms with Gasteiger partial charge in [0, 0.05) is 16.1 Å². The van der Waals surface area contributed by atoms with Crippen LogP contribution in [0.15, 0.2) is 77.7 Å². The first-order valence-electron chi connectivity index (χ1n) is 9.70. The van der Waals surface area contributed by atoms with Gasteiger partial charge in [0.05, 0.1) is 22.3 Å². The summed E-state index contributed by atoms with van der Waals surface area (Å²) in [6, 6.07) is 19.7. The number of sulfone groups is 1. The van der Waals surface area contributed by atoms with E-state index in [4.69, 9.17) is 11.6 Å². The number of halogens is 1. The summed E-state index contributed by atoms with van der Waals surface area (Å²) in [6.07, 6.45) is 0.0313. The molecule has 0 atom stereocenters. The molecule has 0 bridgehead atoms. The van der Waals surface area contributed by atoms with Gasteiger partial charge in [-0.15, -0.1) is 0 Å². The molecule has 0 unspecified atom stereocenters. The first-order chi connectivity index (χ1) is 14.7. The second-order valence-electron chi connectivity index (χ2n) is 7.35. The molecule has 3 aromatic carbocycles. The van der Waals surface area contributed by atoms with E-state index in [2.05, 4.69) is 5.32 Å². The molecule has 0 saturated heterocycles. The third-order valence-electron chi connectivity index (χ3n) is 4.77. The van der Waals surface area contributed by atoms with Crippen LogP contribution in [0.2, 0.25) is 5.02 Å². The summed E-state index contributed by atoms with van der Waals surface area (Å²) in [7, 11) is -3.37. The van der Waals surface area contributed by atoms with Crippen LogP contribution in [0.3, 0.4) is 0 Å². The van der Waals surface area contributed by atoms with E-state index in [-0.39, 0.29) is 23.0 Å². The molecule has 1 amide bonds. The van der Waals surface area contributed by atoms with Crippen LogP contribution in [0.25, 0.3) is 0 Å². The van der Waals surface area contributed by atoms with Gasteiger partial charge in [0.15, 0.2) is 15.6 Å². The number of amides is 1. The van der Waals surface area contributed by atoms with Crippen molar-refractivity contribution in [3.63, 3.8) is 0 Å². The van der Waals surface area contributed by atoms with E-state index in [0.29, 0.717) is 27.4 Å². The average molecular weight is 456 g/mol. The molecule has 7 heteroatoms. The highest BCUT2D eigenvalue weighted by atomic mass is 35.5. The summed E-state index contributed by atoms with van der Waals surface area (Å²) in [6.45, 7) is 3.24. The van der Waals surface area contributed by atoms with Crippen molar-refractivity contribution >= 4 is 38.8 Å². The van der Waals surface area contributed by atoms with Crippen molar-refractivity contribution in [2.24, 2.45) is 0 Å². The van der Waals surface area contributed by atoms with Gasteiger partial charge in [-0.25, -0.2) is 8.42 Å². The quantitative estimate of drug-likeness (QED) is 0.512. The zero-order valence-electron chi connectivity index (χ0n) is 17.1. The molecule has 0 aromatic heterocycles. The van der Waals surface area contributed by atoms with Crippen LogP contribution in [0.4, 0.5) is 5.69 Å². The van der Waals surface area contributed by atoms with Crippen LogP contribution in [-0.4, -0.2) is 25.4 Å². The first-order valence-corrected chi connectivity index (χ1v) is 11.6. The molecule has 0 saturated carbocycles. The van der Waals surface area contributed by atoms with Crippen molar-refractivity contribution in [1.82, 2.24) is 0 Å². The number of rotatable bonds is 7. The molecule has 31 heavy (non-hydrogen) atoms. The summed E-state index contributed by atoms with van der Waals surface area (Å²) >= 11 is 6.07. The SMILES string of the molecule is CC(C)S(=O)(=O)c1ccc(CC(=O)Nc2ccc(Cl)cc2C(=O)c2ccccc2)cc1. The van der Waals surface area contributed by atoms with Crippen molar-refractivity contribution in [2.45, 2.75) is 30.4 Å². The molecule has 0 spiro atoms. The molecule has 0 aliphatic heterocycles. The summed E-state index contributed by atoms with van der Waals surface area (Å²) < 4.78 is 24.5. The highest BCUT2D eigenvalue weighted by Crippen LogP contribution is 2.24. The minimum atomic E-state index is -3.37. The van der Waals surface area contributed by atoms with Gasteiger partial charge in [-0.05, 0) is 49.7 Å². The van der Waals surface area contributed by atoms with Crippen molar-refractivity contribution in [3.8, 4) is 0 Å². The summed E-state index contributed by atoms with van der Waals surface area (Å²) in [4.78, 5) is 25.7. The predicted octanol–water partition coefficient (Wildman–Crippen LogP) is 4.93. The molecule has 0 aliphatic carbocycles. The third-order valence-corrected chi connectivity index (χ3v) is 7.18. The van der Waals surface area contributed by atoms with E-state index in [1.165, 1.54) is 18.2 Å². The van der Waals surface area contributed by atoms with Gasteiger partial charge >= 0.3 is 0 Å². The second-order valence-corrected chi connectivity index (χ2v) is 10.3. The van der Waals surface area contributed by atoms with E-state index in [0.717, 1.165) is 0 Å². The monoisotopic (exact) mass is 455 g/mol. The minimum Gasteiger partial charge on any atom is -0.325 e. The maximum absolute atomic E-state index is 12.9. The van der Waals surface area contributed by atoms with Gasteiger partial charge < -0.3 is 5.32 Å². The van der Waals surface area contributed by atoms with Crippen molar-refractivity contribution in [2.75, 3.05) is 5.32 Å². The van der Waals surface area contributed by atoms with E-state index in [1.54, 1.807) is 62.4 Å². The molecular weight excluding hydrogens is 434 g/mol. The van der Waals surface area contributed by atoms with Crippen molar-refractivity contribution < 1.29 is 18.0 Å². The lowest BCUT2D eigenvalue weighted by Crippen LogP contribution is -2.17. The number of anilines is 1. The fourth-order valence-corrected chi connectivity index (χ4v) is 4.24. The molecule has 5 nitrogen and oxygen atoms in total. The van der Waals surface area contributed by atoms with Crippen LogP contribution in [0.1, 0.15) is 35.3 Å². The molecule has 0 aliphatic rings. The maximum Gasteiger partial charge on any atom is 0.228 e. The number of carbonyl (C=O) groups is 2. The minimum absolute atomic E-state index is 0.0313. The molecule has 0 radical (unpaired) electrons. The molecule has 0 fully saturated rings. The van der Waals surface area contributed by atoms with E-state index < -0.39 is 15.1 Å². The Labute approximate surface area is 187 Å². The molecule has 3 rings (SSSR count). The zero-order chi connectivity index (χ0) is 22.6. The van der Waals surface area contributed by atoms with Crippen molar-refractivity contribution in [1.29, 1.82) is 0 Å². The third kappa shape index (κ3) is 5.40. The standard InChI is InChI=1S/C24H22ClNO4S/c1-16(2)31(29,30)20-11-8-17(9-12-20)14-23(27)26-22-13-10-19(25)15-21(22)24(28)18-6-4-3-5-7-18/h3-13,15-16H,14H2,1-2H3,(H,26,27). The highest BCUT2D eigenvalue weighted by molar-refractivity contribution is 7.92. The maximum atomic E-state index is 12.9. The van der Waals surface area contributed by atoms with Gasteiger partial charge in [0.2, 0.25) is 5.91 Å². The van der Waals surface area contributed by atoms with Crippen LogP contribution in [-0.2, 0) is 21.1 Å². The van der Waals surface area contributed by atoms with Gasteiger partial charge in [0.1, 0.15) is 0 Å². The molecule has 0 heterocycles. The van der Waals surface area contributed by atoms with Crippen molar-refractivity contribution in [3.05, 3.63) is 94.5 Å². The van der Waals surface area contributed by atoms with Crippen LogP contribution in [0.5, 0.6) is 0 Å². The fraction of sp³-hybridized carbons (Fsp3) is 0.167. The molecule has 160 valence electrons. The Morgan fingerprint density at radius 1 is 0.935 bits per heavy atom. The summed E-state index contributed by atoms with van der Waals surface area (Å²) in [5.74, 6) is -0.578. The molecule has 1 N–H and O–H groups in total. The van der Waals surface area contributed by atoms with E-state index in [9.17, 15) is 18.0 Å². The smallest absolute Gasteiger partial charge is 0.228 e.